The van der Waals surface area contributed by atoms with E-state index < -0.39 is 11.5 Å². The number of aryl methyl sites for hydroxylation is 2. The van der Waals surface area contributed by atoms with Gasteiger partial charge in [0.2, 0.25) is 0 Å². The Bertz CT molecular complexity index is 403. The van der Waals surface area contributed by atoms with Crippen molar-refractivity contribution in [3.63, 3.8) is 0 Å². The zero-order valence-corrected chi connectivity index (χ0v) is 12.1. The number of carbonyl (C=O) groups is 1. The van der Waals surface area contributed by atoms with E-state index in [1.807, 2.05) is 19.3 Å². The average molecular weight is 267 g/mol. The van der Waals surface area contributed by atoms with Crippen LogP contribution in [0.5, 0.6) is 0 Å². The number of carboxylic acid groups (broad SMARTS) is 1. The first-order valence-corrected chi connectivity index (χ1v) is 7.02. The number of aliphatic carboxylic acids is 1. The third-order valence-corrected chi connectivity index (χ3v) is 3.39. The standard InChI is InChI=1S/C14H25N3O2/c1-4-7-12-15-9-11-17(12)10-6-8-14(3,13(18)19)16-5-2/h9,11,16H,4-8,10H2,1-3H3,(H,18,19). The monoisotopic (exact) mass is 267 g/mol. The molecule has 0 fully saturated rings. The SMILES string of the molecule is CCCc1nccn1CCCC(C)(NCC)C(=O)O. The lowest BCUT2D eigenvalue weighted by Gasteiger charge is -2.25. The van der Waals surface area contributed by atoms with Crippen molar-refractivity contribution in [1.82, 2.24) is 14.9 Å². The highest BCUT2D eigenvalue weighted by atomic mass is 16.4. The lowest BCUT2D eigenvalue weighted by Crippen LogP contribution is -2.49. The fourth-order valence-electron chi connectivity index (χ4n) is 2.26. The summed E-state index contributed by atoms with van der Waals surface area (Å²) < 4.78 is 2.12. The molecule has 0 bridgehead atoms. The lowest BCUT2D eigenvalue weighted by atomic mass is 9.96. The number of aromatic nitrogens is 2. The highest BCUT2D eigenvalue weighted by Gasteiger charge is 2.31. The molecule has 0 amide bonds. The van der Waals surface area contributed by atoms with Crippen molar-refractivity contribution >= 4 is 5.97 Å². The van der Waals surface area contributed by atoms with Gasteiger partial charge in [-0.1, -0.05) is 13.8 Å². The minimum atomic E-state index is -0.833. The third kappa shape index (κ3) is 4.35. The molecular formula is C14H25N3O2. The van der Waals surface area contributed by atoms with Crippen molar-refractivity contribution in [2.75, 3.05) is 6.54 Å². The van der Waals surface area contributed by atoms with Gasteiger partial charge in [0.05, 0.1) is 0 Å². The molecule has 1 aromatic heterocycles. The molecule has 5 nitrogen and oxygen atoms in total. The van der Waals surface area contributed by atoms with E-state index in [9.17, 15) is 9.90 Å². The maximum absolute atomic E-state index is 11.3. The highest BCUT2D eigenvalue weighted by Crippen LogP contribution is 2.14. The van der Waals surface area contributed by atoms with E-state index in [4.69, 9.17) is 0 Å². The molecule has 0 aliphatic heterocycles. The Kier molecular flexibility index (Phi) is 6.02. The summed E-state index contributed by atoms with van der Waals surface area (Å²) in [6.07, 6.45) is 7.25. The Labute approximate surface area is 115 Å². The lowest BCUT2D eigenvalue weighted by molar-refractivity contribution is -0.144. The summed E-state index contributed by atoms with van der Waals surface area (Å²) in [7, 11) is 0. The van der Waals surface area contributed by atoms with Crippen LogP contribution in [0.15, 0.2) is 12.4 Å². The van der Waals surface area contributed by atoms with Crippen molar-refractivity contribution in [2.45, 2.75) is 58.5 Å². The molecule has 0 aliphatic rings. The van der Waals surface area contributed by atoms with Crippen LogP contribution in [0.4, 0.5) is 0 Å². The maximum atomic E-state index is 11.3. The smallest absolute Gasteiger partial charge is 0.323 e. The summed E-state index contributed by atoms with van der Waals surface area (Å²) in [5.41, 5.74) is -0.833. The van der Waals surface area contributed by atoms with Crippen LogP contribution in [-0.2, 0) is 17.8 Å². The minimum absolute atomic E-state index is 0.611. The second-order valence-corrected chi connectivity index (χ2v) is 5.06. The van der Waals surface area contributed by atoms with Crippen LogP contribution in [0.25, 0.3) is 0 Å². The molecule has 108 valence electrons. The molecule has 0 spiro atoms. The molecule has 0 saturated heterocycles. The summed E-state index contributed by atoms with van der Waals surface area (Å²) in [5.74, 6) is 0.303. The minimum Gasteiger partial charge on any atom is -0.480 e. The molecule has 1 rings (SSSR count). The fourth-order valence-corrected chi connectivity index (χ4v) is 2.26. The Morgan fingerprint density at radius 3 is 2.84 bits per heavy atom. The van der Waals surface area contributed by atoms with Gasteiger partial charge in [-0.25, -0.2) is 4.98 Å². The molecule has 1 aromatic rings. The number of nitrogens with one attached hydrogen (secondary N) is 1. The first kappa shape index (κ1) is 15.7. The normalized spacial score (nSPS) is 14.3. The topological polar surface area (TPSA) is 67.2 Å². The van der Waals surface area contributed by atoms with Gasteiger partial charge in [0.15, 0.2) is 0 Å². The van der Waals surface area contributed by atoms with Gasteiger partial charge in [0, 0.05) is 25.4 Å². The van der Waals surface area contributed by atoms with E-state index in [1.54, 1.807) is 6.92 Å². The van der Waals surface area contributed by atoms with Gasteiger partial charge >= 0.3 is 5.97 Å². The Morgan fingerprint density at radius 1 is 1.53 bits per heavy atom. The molecule has 1 heterocycles. The predicted octanol–water partition coefficient (Wildman–Crippen LogP) is 2.07. The molecule has 5 heteroatoms. The number of hydrogen-bond acceptors (Lipinski definition) is 3. The Hall–Kier alpha value is -1.36. The van der Waals surface area contributed by atoms with Crippen LogP contribution in [0.2, 0.25) is 0 Å². The maximum Gasteiger partial charge on any atom is 0.323 e. The van der Waals surface area contributed by atoms with Crippen molar-refractivity contribution in [3.05, 3.63) is 18.2 Å². The van der Waals surface area contributed by atoms with Crippen molar-refractivity contribution in [3.8, 4) is 0 Å². The molecule has 0 saturated carbocycles. The second-order valence-electron chi connectivity index (χ2n) is 5.06. The van der Waals surface area contributed by atoms with E-state index >= 15 is 0 Å². The van der Waals surface area contributed by atoms with Crippen LogP contribution in [0, 0.1) is 0 Å². The fraction of sp³-hybridized carbons (Fsp3) is 0.714. The van der Waals surface area contributed by atoms with Gasteiger partial charge in [0.1, 0.15) is 11.4 Å². The molecular weight excluding hydrogens is 242 g/mol. The molecule has 0 aromatic carbocycles. The molecule has 1 atom stereocenters. The van der Waals surface area contributed by atoms with E-state index in [2.05, 4.69) is 21.8 Å². The van der Waals surface area contributed by atoms with Crippen LogP contribution in [-0.4, -0.2) is 32.7 Å². The largest absolute Gasteiger partial charge is 0.480 e. The van der Waals surface area contributed by atoms with Gasteiger partial charge in [-0.05, 0) is 32.7 Å². The summed E-state index contributed by atoms with van der Waals surface area (Å²) in [4.78, 5) is 15.6. The summed E-state index contributed by atoms with van der Waals surface area (Å²) in [6.45, 7) is 7.29. The number of hydrogen-bond donors (Lipinski definition) is 2. The Balaban J connectivity index is 2.52. The quantitative estimate of drug-likeness (QED) is 0.719. The zero-order valence-electron chi connectivity index (χ0n) is 12.1. The van der Waals surface area contributed by atoms with Gasteiger partial charge in [-0.3, -0.25) is 4.79 Å². The van der Waals surface area contributed by atoms with Crippen molar-refractivity contribution < 1.29 is 9.90 Å². The van der Waals surface area contributed by atoms with Crippen molar-refractivity contribution in [1.29, 1.82) is 0 Å². The number of nitrogens with zero attached hydrogens (tertiary/aromatic N) is 2. The van der Waals surface area contributed by atoms with E-state index in [1.165, 1.54) is 0 Å². The molecule has 2 N–H and O–H groups in total. The van der Waals surface area contributed by atoms with Crippen LogP contribution >= 0.6 is 0 Å². The van der Waals surface area contributed by atoms with E-state index in [-0.39, 0.29) is 0 Å². The first-order chi connectivity index (χ1) is 9.03. The molecule has 19 heavy (non-hydrogen) atoms. The first-order valence-electron chi connectivity index (χ1n) is 7.02. The molecule has 1 unspecified atom stereocenters. The van der Waals surface area contributed by atoms with Gasteiger partial charge in [0.25, 0.3) is 0 Å². The van der Waals surface area contributed by atoms with Gasteiger partial charge < -0.3 is 15.0 Å². The number of likely N-dealkylation sites (N-methyl/N-ethyl adjacent to an activating group) is 1. The summed E-state index contributed by atoms with van der Waals surface area (Å²) >= 11 is 0. The second kappa shape index (κ2) is 7.28. The van der Waals surface area contributed by atoms with Crippen LogP contribution in [0.3, 0.4) is 0 Å². The molecule has 0 aliphatic carbocycles. The predicted molar refractivity (Wildman–Crippen MR) is 75.2 cm³/mol. The Morgan fingerprint density at radius 2 is 2.26 bits per heavy atom. The summed E-state index contributed by atoms with van der Waals surface area (Å²) in [5, 5.41) is 12.3. The van der Waals surface area contributed by atoms with Gasteiger partial charge in [-0.15, -0.1) is 0 Å². The van der Waals surface area contributed by atoms with Gasteiger partial charge in [-0.2, -0.15) is 0 Å². The zero-order chi connectivity index (χ0) is 14.3. The highest BCUT2D eigenvalue weighted by molar-refractivity contribution is 5.78. The summed E-state index contributed by atoms with van der Waals surface area (Å²) in [6, 6.07) is 0. The third-order valence-electron chi connectivity index (χ3n) is 3.39. The number of imidazole rings is 1. The van der Waals surface area contributed by atoms with Crippen molar-refractivity contribution in [2.24, 2.45) is 0 Å². The van der Waals surface area contributed by atoms with E-state index in [0.717, 1.165) is 31.6 Å². The average Bonchev–Trinajstić information content (AvgIpc) is 2.77. The number of carboxylic acids is 1. The van der Waals surface area contributed by atoms with E-state index in [0.29, 0.717) is 13.0 Å². The molecule has 0 radical (unpaired) electrons. The number of rotatable bonds is 9. The van der Waals surface area contributed by atoms with Crippen LogP contribution in [0.1, 0.15) is 45.9 Å². The van der Waals surface area contributed by atoms with Crippen LogP contribution < -0.4 is 5.32 Å².